The summed E-state index contributed by atoms with van der Waals surface area (Å²) >= 11 is 1.66. The molecule has 0 amide bonds. The van der Waals surface area contributed by atoms with Crippen molar-refractivity contribution in [1.82, 2.24) is 0 Å². The van der Waals surface area contributed by atoms with Crippen molar-refractivity contribution in [3.05, 3.63) is 60.7 Å². The van der Waals surface area contributed by atoms with E-state index < -0.39 is 7.14 Å². The molecule has 18 heavy (non-hydrogen) atoms. The highest BCUT2D eigenvalue weighted by atomic mass is 32.2. The summed E-state index contributed by atoms with van der Waals surface area (Å²) in [5.74, 6) is 0. The Balaban J connectivity index is 2.59. The van der Waals surface area contributed by atoms with Gasteiger partial charge >= 0.3 is 0 Å². The Kier molecular flexibility index (Phi) is 4.31. The van der Waals surface area contributed by atoms with E-state index in [2.05, 4.69) is 0 Å². The number of benzene rings is 2. The predicted octanol–water partition coefficient (Wildman–Crippen LogP) is 3.71. The second-order valence-electron chi connectivity index (χ2n) is 4.16. The fourth-order valence-electron chi connectivity index (χ4n) is 2.02. The highest BCUT2D eigenvalue weighted by Gasteiger charge is 2.32. The van der Waals surface area contributed by atoms with E-state index in [1.54, 1.807) is 11.8 Å². The van der Waals surface area contributed by atoms with Gasteiger partial charge in [-0.05, 0) is 13.2 Å². The molecular formula is C15H17OPS. The summed E-state index contributed by atoms with van der Waals surface area (Å²) in [6.45, 7) is 2.05. The van der Waals surface area contributed by atoms with Crippen LogP contribution in [0.3, 0.4) is 0 Å². The smallest absolute Gasteiger partial charge is 0.155 e. The molecule has 0 aliphatic rings. The third-order valence-electron chi connectivity index (χ3n) is 3.13. The molecule has 2 aromatic rings. The standard InChI is InChI=1S/C15H17OPS/c1-13(18-2)17(16,14-9-5-3-6-10-14)15-11-7-4-8-12-15/h3-13H,1-2H3. The minimum absolute atomic E-state index is 0.0855. The molecule has 1 atom stereocenters. The Morgan fingerprint density at radius 1 is 0.889 bits per heavy atom. The van der Waals surface area contributed by atoms with E-state index >= 15 is 0 Å². The predicted molar refractivity (Wildman–Crippen MR) is 82.7 cm³/mol. The van der Waals surface area contributed by atoms with E-state index in [4.69, 9.17) is 0 Å². The number of hydrogen-bond donors (Lipinski definition) is 0. The van der Waals surface area contributed by atoms with Crippen LogP contribution in [0.5, 0.6) is 0 Å². The van der Waals surface area contributed by atoms with Crippen LogP contribution < -0.4 is 10.6 Å². The lowest BCUT2D eigenvalue weighted by atomic mass is 10.4. The molecule has 1 nitrogen and oxygen atoms in total. The normalized spacial score (nSPS) is 13.2. The molecule has 94 valence electrons. The van der Waals surface area contributed by atoms with Gasteiger partial charge in [-0.2, -0.15) is 11.8 Å². The van der Waals surface area contributed by atoms with Crippen LogP contribution in [0.25, 0.3) is 0 Å². The largest absolute Gasteiger partial charge is 0.312 e. The maximum atomic E-state index is 13.5. The molecule has 0 radical (unpaired) electrons. The first-order valence-corrected chi connectivity index (χ1v) is 8.99. The summed E-state index contributed by atoms with van der Waals surface area (Å²) in [4.78, 5) is 0.0855. The molecule has 0 fully saturated rings. The van der Waals surface area contributed by atoms with E-state index in [9.17, 15) is 4.57 Å². The minimum atomic E-state index is -2.55. The zero-order valence-electron chi connectivity index (χ0n) is 10.6. The summed E-state index contributed by atoms with van der Waals surface area (Å²) in [7, 11) is -2.55. The highest BCUT2D eigenvalue weighted by Crippen LogP contribution is 2.52. The fourth-order valence-corrected chi connectivity index (χ4v) is 6.30. The van der Waals surface area contributed by atoms with Crippen molar-refractivity contribution in [2.24, 2.45) is 0 Å². The highest BCUT2D eigenvalue weighted by molar-refractivity contribution is 8.08. The zero-order chi connectivity index (χ0) is 13.0. The topological polar surface area (TPSA) is 17.1 Å². The summed E-state index contributed by atoms with van der Waals surface area (Å²) < 4.78 is 13.5. The zero-order valence-corrected chi connectivity index (χ0v) is 12.3. The van der Waals surface area contributed by atoms with Crippen LogP contribution in [0.1, 0.15) is 6.92 Å². The molecular weight excluding hydrogens is 259 g/mol. The molecule has 1 unspecified atom stereocenters. The van der Waals surface area contributed by atoms with Gasteiger partial charge in [-0.25, -0.2) is 0 Å². The van der Waals surface area contributed by atoms with Gasteiger partial charge in [0.2, 0.25) is 0 Å². The van der Waals surface area contributed by atoms with Gasteiger partial charge in [-0.15, -0.1) is 0 Å². The van der Waals surface area contributed by atoms with Crippen LogP contribution in [0.4, 0.5) is 0 Å². The van der Waals surface area contributed by atoms with Crippen LogP contribution in [0.2, 0.25) is 0 Å². The van der Waals surface area contributed by atoms with Crippen LogP contribution in [-0.2, 0) is 4.57 Å². The Labute approximate surface area is 113 Å². The van der Waals surface area contributed by atoms with Crippen molar-refractivity contribution in [2.75, 3.05) is 6.26 Å². The molecule has 3 heteroatoms. The van der Waals surface area contributed by atoms with Crippen LogP contribution in [-0.4, -0.2) is 11.2 Å². The van der Waals surface area contributed by atoms with Crippen molar-refractivity contribution in [1.29, 1.82) is 0 Å². The first-order valence-electron chi connectivity index (χ1n) is 5.93. The van der Waals surface area contributed by atoms with E-state index in [0.717, 1.165) is 10.6 Å². The van der Waals surface area contributed by atoms with Gasteiger partial charge in [0.1, 0.15) is 0 Å². The van der Waals surface area contributed by atoms with E-state index in [1.807, 2.05) is 73.8 Å². The van der Waals surface area contributed by atoms with Crippen LogP contribution in [0.15, 0.2) is 60.7 Å². The SMILES string of the molecule is CSC(C)P(=O)(c1ccccc1)c1ccccc1. The van der Waals surface area contributed by atoms with E-state index in [0.29, 0.717) is 0 Å². The van der Waals surface area contributed by atoms with Crippen molar-refractivity contribution in [2.45, 2.75) is 11.9 Å². The summed E-state index contributed by atoms with van der Waals surface area (Å²) in [6, 6.07) is 19.6. The van der Waals surface area contributed by atoms with E-state index in [-0.39, 0.29) is 4.99 Å². The van der Waals surface area contributed by atoms with E-state index in [1.165, 1.54) is 0 Å². The second-order valence-corrected chi connectivity index (χ2v) is 8.82. The molecule has 2 aromatic carbocycles. The number of rotatable bonds is 4. The first kappa shape index (κ1) is 13.5. The van der Waals surface area contributed by atoms with Gasteiger partial charge in [0.05, 0.1) is 4.99 Å². The van der Waals surface area contributed by atoms with Gasteiger partial charge < -0.3 is 4.57 Å². The van der Waals surface area contributed by atoms with Gasteiger partial charge in [0.15, 0.2) is 7.14 Å². The molecule has 0 aromatic heterocycles. The molecule has 0 saturated heterocycles. The molecule has 0 bridgehead atoms. The Bertz CT molecular complexity index is 495. The number of thioether (sulfide) groups is 1. The molecule has 2 rings (SSSR count). The van der Waals surface area contributed by atoms with Crippen LogP contribution >= 0.6 is 18.9 Å². The summed E-state index contributed by atoms with van der Waals surface area (Å²) in [6.07, 6.45) is 2.02. The monoisotopic (exact) mass is 276 g/mol. The quantitative estimate of drug-likeness (QED) is 0.792. The third-order valence-corrected chi connectivity index (χ3v) is 8.49. The third kappa shape index (κ3) is 2.41. The Morgan fingerprint density at radius 3 is 1.61 bits per heavy atom. The van der Waals surface area contributed by atoms with Gasteiger partial charge in [-0.3, -0.25) is 0 Å². The Hall–Kier alpha value is -0.980. The lowest BCUT2D eigenvalue weighted by Gasteiger charge is -2.24. The molecule has 0 saturated carbocycles. The van der Waals surface area contributed by atoms with Gasteiger partial charge in [0, 0.05) is 10.6 Å². The average Bonchev–Trinajstić information content (AvgIpc) is 2.47. The minimum Gasteiger partial charge on any atom is -0.312 e. The molecule has 0 spiro atoms. The Morgan fingerprint density at radius 2 is 1.28 bits per heavy atom. The van der Waals surface area contributed by atoms with Crippen LogP contribution in [0, 0.1) is 0 Å². The van der Waals surface area contributed by atoms with Crippen molar-refractivity contribution in [3.63, 3.8) is 0 Å². The molecule has 0 heterocycles. The number of hydrogen-bond acceptors (Lipinski definition) is 2. The van der Waals surface area contributed by atoms with Crippen molar-refractivity contribution in [3.8, 4) is 0 Å². The van der Waals surface area contributed by atoms with Crippen molar-refractivity contribution < 1.29 is 4.57 Å². The molecule has 0 aliphatic carbocycles. The average molecular weight is 276 g/mol. The van der Waals surface area contributed by atoms with Gasteiger partial charge in [0.25, 0.3) is 0 Å². The molecule has 0 N–H and O–H groups in total. The van der Waals surface area contributed by atoms with Crippen molar-refractivity contribution >= 4 is 29.5 Å². The molecule has 0 aliphatic heterocycles. The fraction of sp³-hybridized carbons (Fsp3) is 0.200. The lowest BCUT2D eigenvalue weighted by molar-refractivity contribution is 0.586. The lowest BCUT2D eigenvalue weighted by Crippen LogP contribution is -2.22. The summed E-state index contributed by atoms with van der Waals surface area (Å²) in [5, 5.41) is 1.89. The maximum absolute atomic E-state index is 13.5. The maximum Gasteiger partial charge on any atom is 0.155 e. The first-order chi connectivity index (χ1) is 8.69. The van der Waals surface area contributed by atoms with Gasteiger partial charge in [-0.1, -0.05) is 60.7 Å². The second kappa shape index (κ2) is 5.77. The summed E-state index contributed by atoms with van der Waals surface area (Å²) in [5.41, 5.74) is 0.